The minimum atomic E-state index is -0.236. The summed E-state index contributed by atoms with van der Waals surface area (Å²) >= 11 is 0. The van der Waals surface area contributed by atoms with E-state index in [-0.39, 0.29) is 11.7 Å². The number of ether oxygens (including phenoxy) is 1. The van der Waals surface area contributed by atoms with E-state index in [1.54, 1.807) is 7.11 Å². The van der Waals surface area contributed by atoms with Crippen LogP contribution in [0.3, 0.4) is 0 Å². The van der Waals surface area contributed by atoms with E-state index in [0.29, 0.717) is 18.7 Å². The summed E-state index contributed by atoms with van der Waals surface area (Å²) in [6.07, 6.45) is 0.706. The number of nitrogens with one attached hydrogen (secondary N) is 1. The van der Waals surface area contributed by atoms with Crippen LogP contribution in [-0.2, 0) is 6.42 Å². The fourth-order valence-electron chi connectivity index (χ4n) is 4.52. The first-order chi connectivity index (χ1) is 17.6. The van der Waals surface area contributed by atoms with Gasteiger partial charge in [-0.1, -0.05) is 36.4 Å². The Kier molecular flexibility index (Phi) is 6.93. The third-order valence-electron chi connectivity index (χ3n) is 6.51. The number of piperazine rings is 1. The predicted molar refractivity (Wildman–Crippen MR) is 139 cm³/mol. The fourth-order valence-corrected chi connectivity index (χ4v) is 4.52. The minimum absolute atomic E-state index is 0.232. The number of methoxy groups -OCH3 is 1. The van der Waals surface area contributed by atoms with E-state index >= 15 is 0 Å². The lowest BCUT2D eigenvalue weighted by Crippen LogP contribution is -2.47. The zero-order valence-corrected chi connectivity index (χ0v) is 20.2. The molecule has 4 aromatic rings. The highest BCUT2D eigenvalue weighted by Crippen LogP contribution is 2.27. The average molecular weight is 486 g/mol. The largest absolute Gasteiger partial charge is 0.497 e. The number of hydrogen-bond acceptors (Lipinski definition) is 6. The molecule has 1 fully saturated rings. The average Bonchev–Trinajstić information content (AvgIpc) is 2.93. The van der Waals surface area contributed by atoms with Gasteiger partial charge in [0.15, 0.2) is 11.5 Å². The molecule has 1 aliphatic rings. The molecule has 1 amide bonds. The molecule has 2 heterocycles. The normalized spacial score (nSPS) is 13.6. The Morgan fingerprint density at radius 2 is 1.56 bits per heavy atom. The Hall–Kier alpha value is -4.20. The lowest BCUT2D eigenvalue weighted by Gasteiger charge is -2.37. The van der Waals surface area contributed by atoms with Gasteiger partial charge >= 0.3 is 0 Å². The highest BCUT2D eigenvalue weighted by atomic mass is 19.1. The van der Waals surface area contributed by atoms with E-state index in [4.69, 9.17) is 4.74 Å². The number of anilines is 2. The van der Waals surface area contributed by atoms with Crippen LogP contribution in [0.4, 0.5) is 15.9 Å². The Bertz CT molecular complexity index is 1340. The summed E-state index contributed by atoms with van der Waals surface area (Å²) in [6, 6.07) is 22.2. The maximum atomic E-state index is 13.3. The highest BCUT2D eigenvalue weighted by Gasteiger charge is 2.23. The van der Waals surface area contributed by atoms with Crippen molar-refractivity contribution < 1.29 is 13.9 Å². The minimum Gasteiger partial charge on any atom is -0.497 e. The topological polar surface area (TPSA) is 70.6 Å². The summed E-state index contributed by atoms with van der Waals surface area (Å²) in [5.41, 5.74) is 2.45. The second-order valence-corrected chi connectivity index (χ2v) is 8.72. The molecule has 1 saturated heterocycles. The van der Waals surface area contributed by atoms with Crippen molar-refractivity contribution >= 4 is 28.2 Å². The van der Waals surface area contributed by atoms with Crippen LogP contribution in [0, 0.1) is 5.82 Å². The van der Waals surface area contributed by atoms with Crippen LogP contribution in [0.5, 0.6) is 5.75 Å². The van der Waals surface area contributed by atoms with Gasteiger partial charge in [0.25, 0.3) is 5.91 Å². The second kappa shape index (κ2) is 10.6. The standard InChI is InChI=1S/C28H28FN5O2/c1-36-23-12-6-20(7-13-23)14-15-30-28(35)26-24-4-2-3-5-25(24)27(32-31-26)34-18-16-33(17-19-34)22-10-8-21(29)9-11-22/h2-13H,14-19H2,1H3,(H,30,35). The van der Waals surface area contributed by atoms with Crippen molar-refractivity contribution in [2.24, 2.45) is 0 Å². The molecule has 0 bridgehead atoms. The van der Waals surface area contributed by atoms with E-state index in [2.05, 4.69) is 25.3 Å². The van der Waals surface area contributed by atoms with Gasteiger partial charge in [-0.15, -0.1) is 10.2 Å². The summed E-state index contributed by atoms with van der Waals surface area (Å²) in [6.45, 7) is 3.58. The molecule has 184 valence electrons. The molecular formula is C28H28FN5O2. The predicted octanol–water partition coefficient (Wildman–Crippen LogP) is 4.08. The molecule has 0 spiro atoms. The number of aromatic nitrogens is 2. The summed E-state index contributed by atoms with van der Waals surface area (Å²) in [5.74, 6) is 1.12. The lowest BCUT2D eigenvalue weighted by molar-refractivity contribution is 0.0950. The molecule has 8 heteroatoms. The van der Waals surface area contributed by atoms with Crippen LogP contribution in [0.2, 0.25) is 0 Å². The van der Waals surface area contributed by atoms with E-state index in [0.717, 1.165) is 59.8 Å². The van der Waals surface area contributed by atoms with Crippen LogP contribution in [-0.4, -0.2) is 55.9 Å². The number of carbonyl (C=O) groups is 1. The first kappa shape index (κ1) is 23.5. The second-order valence-electron chi connectivity index (χ2n) is 8.72. The van der Waals surface area contributed by atoms with Crippen LogP contribution >= 0.6 is 0 Å². The van der Waals surface area contributed by atoms with Gasteiger partial charge in [0, 0.05) is 49.2 Å². The highest BCUT2D eigenvalue weighted by molar-refractivity contribution is 6.07. The molecule has 0 unspecified atom stereocenters. The van der Waals surface area contributed by atoms with Crippen molar-refractivity contribution in [1.29, 1.82) is 0 Å². The van der Waals surface area contributed by atoms with Crippen molar-refractivity contribution in [3.05, 3.63) is 89.9 Å². The van der Waals surface area contributed by atoms with Crippen molar-refractivity contribution in [3.63, 3.8) is 0 Å². The van der Waals surface area contributed by atoms with Crippen molar-refractivity contribution in [1.82, 2.24) is 15.5 Å². The van der Waals surface area contributed by atoms with Crippen molar-refractivity contribution in [2.45, 2.75) is 6.42 Å². The Balaban J connectivity index is 1.27. The van der Waals surface area contributed by atoms with Crippen molar-refractivity contribution in [3.8, 4) is 5.75 Å². The molecule has 0 atom stereocenters. The number of carbonyl (C=O) groups excluding carboxylic acids is 1. The maximum Gasteiger partial charge on any atom is 0.272 e. The molecule has 1 N–H and O–H groups in total. The zero-order chi connectivity index (χ0) is 24.9. The molecule has 5 rings (SSSR count). The number of nitrogens with zero attached hydrogens (tertiary/aromatic N) is 4. The number of amides is 1. The van der Waals surface area contributed by atoms with Gasteiger partial charge in [-0.2, -0.15) is 0 Å². The third-order valence-corrected chi connectivity index (χ3v) is 6.51. The van der Waals surface area contributed by atoms with E-state index in [1.807, 2.05) is 60.7 Å². The Morgan fingerprint density at radius 1 is 0.889 bits per heavy atom. The quantitative estimate of drug-likeness (QED) is 0.426. The molecular weight excluding hydrogens is 457 g/mol. The number of fused-ring (bicyclic) bond motifs is 1. The van der Waals surface area contributed by atoms with Gasteiger partial charge in [0.1, 0.15) is 11.6 Å². The van der Waals surface area contributed by atoms with Gasteiger partial charge in [-0.05, 0) is 48.4 Å². The monoisotopic (exact) mass is 485 g/mol. The molecule has 36 heavy (non-hydrogen) atoms. The summed E-state index contributed by atoms with van der Waals surface area (Å²) < 4.78 is 18.5. The van der Waals surface area contributed by atoms with Gasteiger partial charge in [0.2, 0.25) is 0 Å². The van der Waals surface area contributed by atoms with E-state index < -0.39 is 0 Å². The molecule has 0 aliphatic carbocycles. The number of halogens is 1. The SMILES string of the molecule is COc1ccc(CCNC(=O)c2nnc(N3CCN(c4ccc(F)cc4)CC3)c3ccccc23)cc1. The molecule has 0 radical (unpaired) electrons. The van der Waals surface area contributed by atoms with Crippen LogP contribution in [0.15, 0.2) is 72.8 Å². The van der Waals surface area contributed by atoms with Crippen LogP contribution in [0.25, 0.3) is 10.8 Å². The smallest absolute Gasteiger partial charge is 0.272 e. The molecule has 1 aliphatic heterocycles. The van der Waals surface area contributed by atoms with E-state index in [9.17, 15) is 9.18 Å². The summed E-state index contributed by atoms with van der Waals surface area (Å²) in [4.78, 5) is 17.4. The molecule has 3 aromatic carbocycles. The molecule has 1 aromatic heterocycles. The van der Waals surface area contributed by atoms with Crippen LogP contribution in [0.1, 0.15) is 16.1 Å². The van der Waals surface area contributed by atoms with Gasteiger partial charge < -0.3 is 19.9 Å². The zero-order valence-electron chi connectivity index (χ0n) is 20.2. The number of hydrogen-bond donors (Lipinski definition) is 1. The fraction of sp³-hybridized carbons (Fsp3) is 0.250. The molecule has 0 saturated carbocycles. The first-order valence-corrected chi connectivity index (χ1v) is 12.0. The van der Waals surface area contributed by atoms with E-state index in [1.165, 1.54) is 12.1 Å². The van der Waals surface area contributed by atoms with Gasteiger partial charge in [-0.3, -0.25) is 4.79 Å². The maximum absolute atomic E-state index is 13.3. The number of rotatable bonds is 7. The Labute approximate surface area is 209 Å². The lowest BCUT2D eigenvalue weighted by atomic mass is 10.1. The van der Waals surface area contributed by atoms with Crippen molar-refractivity contribution in [2.75, 3.05) is 49.6 Å². The number of benzene rings is 3. The molecule has 7 nitrogen and oxygen atoms in total. The first-order valence-electron chi connectivity index (χ1n) is 12.0. The Morgan fingerprint density at radius 3 is 2.25 bits per heavy atom. The van der Waals surface area contributed by atoms with Gasteiger partial charge in [0.05, 0.1) is 7.11 Å². The summed E-state index contributed by atoms with van der Waals surface area (Å²) in [5, 5.41) is 13.5. The third kappa shape index (κ3) is 5.07. The van der Waals surface area contributed by atoms with Crippen LogP contribution < -0.4 is 19.9 Å². The van der Waals surface area contributed by atoms with Gasteiger partial charge in [-0.25, -0.2) is 4.39 Å². The summed E-state index contributed by atoms with van der Waals surface area (Å²) in [7, 11) is 1.64.